The van der Waals surface area contributed by atoms with E-state index in [0.717, 1.165) is 22.1 Å². The van der Waals surface area contributed by atoms with Gasteiger partial charge in [-0.3, -0.25) is 9.59 Å². The second-order valence-corrected chi connectivity index (χ2v) is 8.11. The molecular formula is C26H28N4O6. The van der Waals surface area contributed by atoms with Gasteiger partial charge in [-0.2, -0.15) is 5.10 Å². The first kappa shape index (κ1) is 25.0. The van der Waals surface area contributed by atoms with Crippen LogP contribution in [0.1, 0.15) is 30.5 Å². The van der Waals surface area contributed by atoms with E-state index in [9.17, 15) is 9.59 Å². The summed E-state index contributed by atoms with van der Waals surface area (Å²) in [7, 11) is 4.53. The van der Waals surface area contributed by atoms with E-state index in [4.69, 9.17) is 18.9 Å². The standard InChI is InChI=1S/C26H28N4O6/c1-15(31)36-25-22(34-3)11-16(12-23(25)35-4)14-27-30-26(32)20-13-19(28-29-20)24-18-8-6-5-7-17(18)9-10-21(24)33-2/h5-12,14,19-20,28-29H,13H2,1-4H3,(H,30,32)/b27-14+. The van der Waals surface area contributed by atoms with Crippen LogP contribution in [0.2, 0.25) is 0 Å². The minimum absolute atomic E-state index is 0.131. The van der Waals surface area contributed by atoms with Crippen LogP contribution < -0.4 is 35.2 Å². The minimum atomic E-state index is -0.508. The van der Waals surface area contributed by atoms with E-state index in [1.54, 1.807) is 19.2 Å². The van der Waals surface area contributed by atoms with E-state index in [2.05, 4.69) is 21.4 Å². The van der Waals surface area contributed by atoms with Crippen molar-refractivity contribution in [3.63, 3.8) is 0 Å². The first-order valence-electron chi connectivity index (χ1n) is 11.3. The highest BCUT2D eigenvalue weighted by atomic mass is 16.6. The zero-order chi connectivity index (χ0) is 25.7. The second-order valence-electron chi connectivity index (χ2n) is 8.11. The lowest BCUT2D eigenvalue weighted by Crippen LogP contribution is -2.41. The van der Waals surface area contributed by atoms with Gasteiger partial charge in [0.05, 0.1) is 33.6 Å². The topological polar surface area (TPSA) is 120 Å². The summed E-state index contributed by atoms with van der Waals surface area (Å²) in [5.74, 6) is 0.724. The number of hydrogen-bond acceptors (Lipinski definition) is 9. The molecule has 1 amide bonds. The molecule has 188 valence electrons. The number of methoxy groups -OCH3 is 3. The van der Waals surface area contributed by atoms with Crippen molar-refractivity contribution in [2.45, 2.75) is 25.4 Å². The van der Waals surface area contributed by atoms with Crippen LogP contribution in [0, 0.1) is 0 Å². The fourth-order valence-electron chi connectivity index (χ4n) is 4.20. The Hall–Kier alpha value is -4.15. The third-order valence-electron chi connectivity index (χ3n) is 5.84. The molecule has 2 unspecified atom stereocenters. The maximum atomic E-state index is 12.8. The molecule has 10 heteroatoms. The fourth-order valence-corrected chi connectivity index (χ4v) is 4.20. The van der Waals surface area contributed by atoms with Crippen molar-refractivity contribution in [1.29, 1.82) is 0 Å². The predicted molar refractivity (Wildman–Crippen MR) is 135 cm³/mol. The maximum Gasteiger partial charge on any atom is 0.308 e. The lowest BCUT2D eigenvalue weighted by Gasteiger charge is -2.17. The van der Waals surface area contributed by atoms with Crippen LogP contribution in [-0.4, -0.2) is 45.5 Å². The zero-order valence-corrected chi connectivity index (χ0v) is 20.5. The molecule has 0 aromatic heterocycles. The number of hydrazine groups is 1. The molecule has 3 aromatic carbocycles. The molecule has 1 fully saturated rings. The number of hydrogen-bond donors (Lipinski definition) is 3. The van der Waals surface area contributed by atoms with Crippen molar-refractivity contribution in [2.75, 3.05) is 21.3 Å². The van der Waals surface area contributed by atoms with Gasteiger partial charge >= 0.3 is 5.97 Å². The molecule has 0 bridgehead atoms. The summed E-state index contributed by atoms with van der Waals surface area (Å²) in [5, 5.41) is 6.23. The number of amides is 1. The normalized spacial score (nSPS) is 17.2. The molecule has 0 radical (unpaired) electrons. The maximum absolute atomic E-state index is 12.8. The van der Waals surface area contributed by atoms with E-state index in [1.165, 1.54) is 27.4 Å². The Morgan fingerprint density at radius 1 is 0.972 bits per heavy atom. The molecule has 3 aromatic rings. The molecule has 4 rings (SSSR count). The minimum Gasteiger partial charge on any atom is -0.496 e. The number of carbonyl (C=O) groups excluding carboxylic acids is 2. The van der Waals surface area contributed by atoms with Crippen molar-refractivity contribution in [3.8, 4) is 23.0 Å². The summed E-state index contributed by atoms with van der Waals surface area (Å²) in [6.45, 7) is 1.29. The quantitative estimate of drug-likeness (QED) is 0.190. The van der Waals surface area contributed by atoms with Crippen LogP contribution in [0.4, 0.5) is 0 Å². The summed E-state index contributed by atoms with van der Waals surface area (Å²) < 4.78 is 21.4. The molecule has 0 saturated carbocycles. The van der Waals surface area contributed by atoms with E-state index >= 15 is 0 Å². The number of carbonyl (C=O) groups is 2. The number of fused-ring (bicyclic) bond motifs is 1. The Morgan fingerprint density at radius 3 is 2.33 bits per heavy atom. The number of nitrogens with one attached hydrogen (secondary N) is 3. The molecule has 1 heterocycles. The lowest BCUT2D eigenvalue weighted by atomic mass is 9.95. The highest BCUT2D eigenvalue weighted by Gasteiger charge is 2.32. The summed E-state index contributed by atoms with van der Waals surface area (Å²) >= 11 is 0. The van der Waals surface area contributed by atoms with E-state index in [0.29, 0.717) is 23.5 Å². The molecule has 0 aliphatic carbocycles. The van der Waals surface area contributed by atoms with Gasteiger partial charge in [-0.05, 0) is 35.4 Å². The van der Waals surface area contributed by atoms with Crippen LogP contribution in [-0.2, 0) is 9.59 Å². The average molecular weight is 493 g/mol. The van der Waals surface area contributed by atoms with Gasteiger partial charge in [0, 0.05) is 18.1 Å². The largest absolute Gasteiger partial charge is 0.496 e. The molecule has 0 spiro atoms. The predicted octanol–water partition coefficient (Wildman–Crippen LogP) is 2.85. The fraction of sp³-hybridized carbons (Fsp3) is 0.269. The zero-order valence-electron chi connectivity index (χ0n) is 20.5. The molecular weight excluding hydrogens is 464 g/mol. The molecule has 2 atom stereocenters. The number of nitrogens with zero attached hydrogens (tertiary/aromatic N) is 1. The van der Waals surface area contributed by atoms with Gasteiger partial charge in [-0.15, -0.1) is 0 Å². The molecule has 1 aliphatic heterocycles. The van der Waals surface area contributed by atoms with Gasteiger partial charge in [0.1, 0.15) is 11.8 Å². The van der Waals surface area contributed by atoms with Gasteiger partial charge in [0.2, 0.25) is 5.75 Å². The first-order chi connectivity index (χ1) is 17.4. The summed E-state index contributed by atoms with van der Waals surface area (Å²) in [6.07, 6.45) is 1.96. The lowest BCUT2D eigenvalue weighted by molar-refractivity contribution is -0.132. The number of esters is 1. The second kappa shape index (κ2) is 11.1. The van der Waals surface area contributed by atoms with Crippen LogP contribution in [0.5, 0.6) is 23.0 Å². The Kier molecular flexibility index (Phi) is 7.67. The Bertz CT molecular complexity index is 1280. The first-order valence-corrected chi connectivity index (χ1v) is 11.3. The Labute approximate surface area is 208 Å². The van der Waals surface area contributed by atoms with E-state index < -0.39 is 12.0 Å². The summed E-state index contributed by atoms with van der Waals surface area (Å²) in [5.41, 5.74) is 10.4. The Balaban J connectivity index is 1.46. The van der Waals surface area contributed by atoms with Crippen molar-refractivity contribution in [1.82, 2.24) is 16.3 Å². The SMILES string of the molecule is COc1cc(/C=N/NC(=O)C2CC(c3c(OC)ccc4ccccc34)NN2)cc(OC)c1OC(C)=O. The average Bonchev–Trinajstić information content (AvgIpc) is 3.38. The van der Waals surface area contributed by atoms with Crippen LogP contribution >= 0.6 is 0 Å². The van der Waals surface area contributed by atoms with Crippen molar-refractivity contribution >= 4 is 28.9 Å². The van der Waals surface area contributed by atoms with Gasteiger partial charge in [0.25, 0.3) is 5.91 Å². The van der Waals surface area contributed by atoms with E-state index in [-0.39, 0.29) is 17.7 Å². The van der Waals surface area contributed by atoms with Crippen LogP contribution in [0.25, 0.3) is 10.8 Å². The molecule has 10 nitrogen and oxygen atoms in total. The highest BCUT2D eigenvalue weighted by molar-refractivity contribution is 5.89. The van der Waals surface area contributed by atoms with Crippen molar-refractivity contribution in [2.24, 2.45) is 5.10 Å². The van der Waals surface area contributed by atoms with Gasteiger partial charge in [-0.1, -0.05) is 30.3 Å². The third-order valence-corrected chi connectivity index (χ3v) is 5.84. The smallest absolute Gasteiger partial charge is 0.308 e. The number of benzene rings is 3. The van der Waals surface area contributed by atoms with Gasteiger partial charge < -0.3 is 18.9 Å². The number of hydrazone groups is 1. The van der Waals surface area contributed by atoms with Gasteiger partial charge in [-0.25, -0.2) is 16.3 Å². The number of ether oxygens (including phenoxy) is 4. The van der Waals surface area contributed by atoms with Crippen LogP contribution in [0.3, 0.4) is 0 Å². The molecule has 36 heavy (non-hydrogen) atoms. The van der Waals surface area contributed by atoms with E-state index in [1.807, 2.05) is 36.4 Å². The Morgan fingerprint density at radius 2 is 1.67 bits per heavy atom. The number of rotatable bonds is 8. The summed E-state index contributed by atoms with van der Waals surface area (Å²) in [6, 6.07) is 14.6. The van der Waals surface area contributed by atoms with Crippen molar-refractivity contribution in [3.05, 3.63) is 59.7 Å². The van der Waals surface area contributed by atoms with Crippen molar-refractivity contribution < 1.29 is 28.5 Å². The highest BCUT2D eigenvalue weighted by Crippen LogP contribution is 2.38. The van der Waals surface area contributed by atoms with Crippen LogP contribution in [0.15, 0.2) is 53.6 Å². The monoisotopic (exact) mass is 492 g/mol. The molecule has 1 saturated heterocycles. The molecule has 3 N–H and O–H groups in total. The van der Waals surface area contributed by atoms with Gasteiger partial charge in [0.15, 0.2) is 11.5 Å². The summed E-state index contributed by atoms with van der Waals surface area (Å²) in [4.78, 5) is 24.2. The molecule has 1 aliphatic rings. The third kappa shape index (κ3) is 5.24.